The smallest absolute Gasteiger partial charge is 0.269 e. The first kappa shape index (κ1) is 16.9. The second kappa shape index (κ2) is 7.37. The molecule has 0 fully saturated rings. The Bertz CT molecular complexity index is 959. The number of hydrogen-bond acceptors (Lipinski definition) is 5. The third kappa shape index (κ3) is 3.55. The summed E-state index contributed by atoms with van der Waals surface area (Å²) in [4.78, 5) is 16.6. The van der Waals surface area contributed by atoms with Crippen molar-refractivity contribution in [1.82, 2.24) is 4.98 Å². The van der Waals surface area contributed by atoms with E-state index in [-0.39, 0.29) is 12.5 Å². The van der Waals surface area contributed by atoms with E-state index in [4.69, 9.17) is 14.2 Å². The summed E-state index contributed by atoms with van der Waals surface area (Å²) >= 11 is 0. The molecule has 1 aliphatic rings. The van der Waals surface area contributed by atoms with Crippen molar-refractivity contribution in [3.8, 4) is 28.4 Å². The molecule has 6 heteroatoms. The van der Waals surface area contributed by atoms with Gasteiger partial charge in [0.25, 0.3) is 5.91 Å². The molecule has 0 saturated carbocycles. The van der Waals surface area contributed by atoms with Crippen LogP contribution in [0, 0.1) is 0 Å². The van der Waals surface area contributed by atoms with E-state index in [0.29, 0.717) is 22.9 Å². The van der Waals surface area contributed by atoms with Crippen molar-refractivity contribution in [1.29, 1.82) is 0 Å². The third-order valence-corrected chi connectivity index (χ3v) is 4.26. The van der Waals surface area contributed by atoms with Crippen molar-refractivity contribution in [2.75, 3.05) is 19.0 Å². The Morgan fingerprint density at radius 2 is 1.89 bits per heavy atom. The first-order valence-electron chi connectivity index (χ1n) is 8.52. The van der Waals surface area contributed by atoms with Crippen LogP contribution in [0.15, 0.2) is 67.0 Å². The lowest BCUT2D eigenvalue weighted by Crippen LogP contribution is -2.40. The van der Waals surface area contributed by atoms with Gasteiger partial charge in [-0.15, -0.1) is 0 Å². The third-order valence-electron chi connectivity index (χ3n) is 4.26. The van der Waals surface area contributed by atoms with Gasteiger partial charge in [0.05, 0.1) is 7.11 Å². The van der Waals surface area contributed by atoms with Gasteiger partial charge in [-0.2, -0.15) is 0 Å². The van der Waals surface area contributed by atoms with Crippen LogP contribution in [0.5, 0.6) is 17.2 Å². The topological polar surface area (TPSA) is 69.7 Å². The van der Waals surface area contributed by atoms with Crippen LogP contribution in [0.2, 0.25) is 0 Å². The summed E-state index contributed by atoms with van der Waals surface area (Å²) < 4.78 is 16.8. The first-order chi connectivity index (χ1) is 13.2. The summed E-state index contributed by atoms with van der Waals surface area (Å²) in [6.45, 7) is 0.162. The van der Waals surface area contributed by atoms with Crippen molar-refractivity contribution < 1.29 is 19.0 Å². The Balaban J connectivity index is 1.50. The molecular formula is C21H18N2O4. The minimum Gasteiger partial charge on any atom is -0.496 e. The predicted octanol–water partition coefficient (Wildman–Crippen LogP) is 3.54. The second-order valence-corrected chi connectivity index (χ2v) is 6.00. The number of rotatable bonds is 4. The Kier molecular flexibility index (Phi) is 4.61. The molecule has 1 aliphatic heterocycles. The fraction of sp³-hybridized carbons (Fsp3) is 0.143. The number of carbonyl (C=O) groups is 1. The van der Waals surface area contributed by atoms with Gasteiger partial charge in [-0.1, -0.05) is 12.1 Å². The molecule has 27 heavy (non-hydrogen) atoms. The van der Waals surface area contributed by atoms with Crippen LogP contribution in [-0.2, 0) is 4.79 Å². The summed E-state index contributed by atoms with van der Waals surface area (Å²) in [6, 6.07) is 16.6. The number of hydrogen-bond donors (Lipinski definition) is 1. The van der Waals surface area contributed by atoms with E-state index < -0.39 is 6.10 Å². The summed E-state index contributed by atoms with van der Waals surface area (Å²) in [6.07, 6.45) is 2.73. The predicted molar refractivity (Wildman–Crippen MR) is 101 cm³/mol. The molecule has 1 unspecified atom stereocenters. The molecule has 1 amide bonds. The van der Waals surface area contributed by atoms with Crippen LogP contribution in [0.4, 0.5) is 5.69 Å². The highest BCUT2D eigenvalue weighted by Crippen LogP contribution is 2.33. The maximum absolute atomic E-state index is 12.6. The molecule has 1 N–H and O–H groups in total. The van der Waals surface area contributed by atoms with Crippen molar-refractivity contribution in [2.24, 2.45) is 0 Å². The molecule has 1 atom stereocenters. The lowest BCUT2D eigenvalue weighted by molar-refractivity contribution is -0.125. The van der Waals surface area contributed by atoms with Crippen molar-refractivity contribution in [2.45, 2.75) is 6.10 Å². The largest absolute Gasteiger partial charge is 0.496 e. The molecule has 0 saturated heterocycles. The molecule has 0 spiro atoms. The van der Waals surface area contributed by atoms with Crippen LogP contribution in [0.3, 0.4) is 0 Å². The van der Waals surface area contributed by atoms with Crippen LogP contribution in [0.1, 0.15) is 0 Å². The Morgan fingerprint density at radius 3 is 2.67 bits per heavy atom. The van der Waals surface area contributed by atoms with Gasteiger partial charge in [-0.3, -0.25) is 9.78 Å². The van der Waals surface area contributed by atoms with Gasteiger partial charge in [0.2, 0.25) is 6.10 Å². The highest BCUT2D eigenvalue weighted by molar-refractivity contribution is 5.95. The number of nitrogens with zero attached hydrogens (tertiary/aromatic N) is 1. The molecule has 0 aliphatic carbocycles. The monoisotopic (exact) mass is 362 g/mol. The first-order valence-corrected chi connectivity index (χ1v) is 8.52. The van der Waals surface area contributed by atoms with Gasteiger partial charge >= 0.3 is 0 Å². The average Bonchev–Trinajstić information content (AvgIpc) is 2.74. The normalized spacial score (nSPS) is 15.1. The van der Waals surface area contributed by atoms with Gasteiger partial charge in [0, 0.05) is 29.7 Å². The number of methoxy groups -OCH3 is 1. The highest BCUT2D eigenvalue weighted by Gasteiger charge is 2.27. The summed E-state index contributed by atoms with van der Waals surface area (Å²) in [7, 11) is 1.60. The van der Waals surface area contributed by atoms with Crippen LogP contribution < -0.4 is 19.5 Å². The van der Waals surface area contributed by atoms with E-state index in [2.05, 4.69) is 10.3 Å². The molecule has 2 aromatic carbocycles. The lowest BCUT2D eigenvalue weighted by Gasteiger charge is -2.25. The molecule has 2 heterocycles. The summed E-state index contributed by atoms with van der Waals surface area (Å²) in [5.74, 6) is 1.59. The van der Waals surface area contributed by atoms with Gasteiger partial charge in [0.1, 0.15) is 12.4 Å². The minimum absolute atomic E-state index is 0.162. The fourth-order valence-electron chi connectivity index (χ4n) is 2.91. The van der Waals surface area contributed by atoms with Crippen LogP contribution in [-0.4, -0.2) is 30.7 Å². The zero-order valence-electron chi connectivity index (χ0n) is 14.7. The molecule has 3 aromatic rings. The van der Waals surface area contributed by atoms with Gasteiger partial charge < -0.3 is 19.5 Å². The van der Waals surface area contributed by atoms with Gasteiger partial charge in [-0.25, -0.2) is 0 Å². The number of ether oxygens (including phenoxy) is 3. The maximum Gasteiger partial charge on any atom is 0.269 e. The lowest BCUT2D eigenvalue weighted by atomic mass is 10.1. The number of benzene rings is 2. The van der Waals surface area contributed by atoms with Gasteiger partial charge in [-0.05, 0) is 42.0 Å². The van der Waals surface area contributed by atoms with Crippen LogP contribution >= 0.6 is 0 Å². The second-order valence-electron chi connectivity index (χ2n) is 6.00. The molecule has 136 valence electrons. The number of amides is 1. The quantitative estimate of drug-likeness (QED) is 0.769. The summed E-state index contributed by atoms with van der Waals surface area (Å²) in [5, 5.41) is 2.86. The van der Waals surface area contributed by atoms with Crippen LogP contribution in [0.25, 0.3) is 11.1 Å². The van der Waals surface area contributed by atoms with E-state index in [9.17, 15) is 4.79 Å². The van der Waals surface area contributed by atoms with Crippen molar-refractivity contribution in [3.63, 3.8) is 0 Å². The number of nitrogens with one attached hydrogen (secondary N) is 1. The van der Waals surface area contributed by atoms with Gasteiger partial charge in [0.15, 0.2) is 11.5 Å². The number of pyridine rings is 1. The van der Waals surface area contributed by atoms with Crippen molar-refractivity contribution in [3.05, 3.63) is 67.0 Å². The van der Waals surface area contributed by atoms with Crippen molar-refractivity contribution >= 4 is 11.6 Å². The maximum atomic E-state index is 12.6. The summed E-state index contributed by atoms with van der Waals surface area (Å²) in [5.41, 5.74) is 2.53. The number of anilines is 1. The average molecular weight is 362 g/mol. The molecule has 1 aromatic heterocycles. The standard InChI is InChI=1S/C21H18N2O4/c1-25-19-12-15(6-7-16(19)14-8-10-22-11-9-14)23-21(24)20-13-26-17-4-2-3-5-18(17)27-20/h2-12,20H,13H2,1H3,(H,23,24). The molecule has 6 nitrogen and oxygen atoms in total. The highest BCUT2D eigenvalue weighted by atomic mass is 16.6. The fourth-order valence-corrected chi connectivity index (χ4v) is 2.91. The number of para-hydroxylation sites is 2. The molecular weight excluding hydrogens is 344 g/mol. The minimum atomic E-state index is -0.717. The van der Waals surface area contributed by atoms with E-state index in [1.165, 1.54) is 0 Å². The Labute approximate surface area is 156 Å². The molecule has 4 rings (SSSR count). The van der Waals surface area contributed by atoms with E-state index in [1.54, 1.807) is 31.6 Å². The van der Waals surface area contributed by atoms with E-state index in [0.717, 1.165) is 11.1 Å². The zero-order chi connectivity index (χ0) is 18.6. The number of carbonyl (C=O) groups excluding carboxylic acids is 1. The molecule has 0 radical (unpaired) electrons. The van der Waals surface area contributed by atoms with E-state index >= 15 is 0 Å². The van der Waals surface area contributed by atoms with E-state index in [1.807, 2.05) is 42.5 Å². The Hall–Kier alpha value is -3.54. The Morgan fingerprint density at radius 1 is 1.11 bits per heavy atom. The number of aromatic nitrogens is 1. The SMILES string of the molecule is COc1cc(NC(=O)C2COc3ccccc3O2)ccc1-c1ccncc1. The molecule has 0 bridgehead atoms. The number of fused-ring (bicyclic) bond motifs is 1. The zero-order valence-corrected chi connectivity index (χ0v) is 14.7.